The predicted octanol–water partition coefficient (Wildman–Crippen LogP) is 5.10. The SMILES string of the molecule is Cc1ccc(NC=CC(=O)c2ccc(C(C)(C)C)cc2)cc1. The van der Waals surface area contributed by atoms with Crippen molar-refractivity contribution in [3.8, 4) is 0 Å². The molecule has 2 rings (SSSR count). The lowest BCUT2D eigenvalue weighted by Crippen LogP contribution is -2.11. The minimum atomic E-state index is 0.0000656. The van der Waals surface area contributed by atoms with Gasteiger partial charge in [0.1, 0.15) is 0 Å². The van der Waals surface area contributed by atoms with E-state index in [1.54, 1.807) is 12.3 Å². The van der Waals surface area contributed by atoms with Gasteiger partial charge in [0.2, 0.25) is 0 Å². The van der Waals surface area contributed by atoms with E-state index in [9.17, 15) is 4.79 Å². The minimum Gasteiger partial charge on any atom is -0.362 e. The first-order chi connectivity index (χ1) is 10.4. The minimum absolute atomic E-state index is 0.0000656. The number of anilines is 1. The second kappa shape index (κ2) is 6.61. The second-order valence-corrected chi connectivity index (χ2v) is 6.54. The summed E-state index contributed by atoms with van der Waals surface area (Å²) in [6.07, 6.45) is 3.25. The number of aryl methyl sites for hydroxylation is 1. The third kappa shape index (κ3) is 4.32. The zero-order valence-electron chi connectivity index (χ0n) is 13.7. The van der Waals surface area contributed by atoms with Crippen molar-refractivity contribution in [3.05, 3.63) is 77.5 Å². The van der Waals surface area contributed by atoms with Crippen molar-refractivity contribution in [2.24, 2.45) is 0 Å². The zero-order valence-corrected chi connectivity index (χ0v) is 13.7. The summed E-state index contributed by atoms with van der Waals surface area (Å²) in [4.78, 5) is 12.1. The lowest BCUT2D eigenvalue weighted by Gasteiger charge is -2.18. The van der Waals surface area contributed by atoms with Crippen LogP contribution in [0.1, 0.15) is 42.3 Å². The van der Waals surface area contributed by atoms with Gasteiger partial charge >= 0.3 is 0 Å². The fraction of sp³-hybridized carbons (Fsp3) is 0.250. The van der Waals surface area contributed by atoms with E-state index in [2.05, 4.69) is 26.1 Å². The highest BCUT2D eigenvalue weighted by Gasteiger charge is 2.13. The van der Waals surface area contributed by atoms with Gasteiger partial charge in [-0.1, -0.05) is 62.7 Å². The summed E-state index contributed by atoms with van der Waals surface area (Å²) >= 11 is 0. The smallest absolute Gasteiger partial charge is 0.187 e. The molecule has 22 heavy (non-hydrogen) atoms. The highest BCUT2D eigenvalue weighted by atomic mass is 16.1. The van der Waals surface area contributed by atoms with Crippen molar-refractivity contribution in [2.45, 2.75) is 33.1 Å². The molecule has 0 spiro atoms. The van der Waals surface area contributed by atoms with Crippen LogP contribution in [0.15, 0.2) is 60.8 Å². The molecule has 2 heteroatoms. The molecule has 114 valence electrons. The lowest BCUT2D eigenvalue weighted by atomic mass is 9.86. The first-order valence-corrected chi connectivity index (χ1v) is 7.51. The quantitative estimate of drug-likeness (QED) is 0.627. The van der Waals surface area contributed by atoms with Gasteiger partial charge in [-0.15, -0.1) is 0 Å². The van der Waals surface area contributed by atoms with Gasteiger partial charge in [0.25, 0.3) is 0 Å². The molecule has 0 unspecified atom stereocenters. The van der Waals surface area contributed by atoms with Crippen molar-refractivity contribution in [1.82, 2.24) is 0 Å². The molecular weight excluding hydrogens is 270 g/mol. The molecule has 0 aromatic heterocycles. The molecule has 2 aromatic rings. The largest absolute Gasteiger partial charge is 0.362 e. The van der Waals surface area contributed by atoms with E-state index in [1.807, 2.05) is 55.5 Å². The van der Waals surface area contributed by atoms with Crippen LogP contribution in [0.2, 0.25) is 0 Å². The van der Waals surface area contributed by atoms with Crippen molar-refractivity contribution in [1.29, 1.82) is 0 Å². The lowest BCUT2D eigenvalue weighted by molar-refractivity contribution is 0.104. The highest BCUT2D eigenvalue weighted by molar-refractivity contribution is 6.04. The van der Waals surface area contributed by atoms with Crippen LogP contribution in [-0.4, -0.2) is 5.78 Å². The Bertz CT molecular complexity index is 658. The second-order valence-electron chi connectivity index (χ2n) is 6.54. The van der Waals surface area contributed by atoms with Crippen molar-refractivity contribution < 1.29 is 4.79 Å². The molecule has 2 nitrogen and oxygen atoms in total. The summed E-state index contributed by atoms with van der Waals surface area (Å²) in [7, 11) is 0. The van der Waals surface area contributed by atoms with Crippen molar-refractivity contribution in [3.63, 3.8) is 0 Å². The number of hydrogen-bond donors (Lipinski definition) is 1. The van der Waals surface area contributed by atoms with Crippen LogP contribution in [-0.2, 0) is 5.41 Å². The van der Waals surface area contributed by atoms with E-state index < -0.39 is 0 Å². The van der Waals surface area contributed by atoms with E-state index >= 15 is 0 Å². The summed E-state index contributed by atoms with van der Waals surface area (Å²) in [6.45, 7) is 8.53. The fourth-order valence-corrected chi connectivity index (χ4v) is 2.09. The molecule has 0 aliphatic heterocycles. The van der Waals surface area contributed by atoms with Crippen molar-refractivity contribution >= 4 is 11.5 Å². The van der Waals surface area contributed by atoms with Crippen LogP contribution in [0, 0.1) is 6.92 Å². The van der Waals surface area contributed by atoms with Crippen LogP contribution in [0.5, 0.6) is 0 Å². The Morgan fingerprint density at radius 1 is 0.955 bits per heavy atom. The van der Waals surface area contributed by atoms with Crippen LogP contribution in [0.25, 0.3) is 0 Å². The molecule has 0 bridgehead atoms. The Balaban J connectivity index is 1.99. The van der Waals surface area contributed by atoms with E-state index in [-0.39, 0.29) is 11.2 Å². The third-order valence-corrected chi connectivity index (χ3v) is 3.57. The maximum Gasteiger partial charge on any atom is 0.187 e. The molecule has 0 heterocycles. The van der Waals surface area contributed by atoms with Crippen LogP contribution >= 0.6 is 0 Å². The van der Waals surface area contributed by atoms with E-state index in [4.69, 9.17) is 0 Å². The van der Waals surface area contributed by atoms with Gasteiger partial charge in [-0.25, -0.2) is 0 Å². The Morgan fingerprint density at radius 3 is 2.09 bits per heavy atom. The Labute approximate surface area is 132 Å². The molecule has 0 radical (unpaired) electrons. The topological polar surface area (TPSA) is 29.1 Å². The van der Waals surface area contributed by atoms with Crippen LogP contribution < -0.4 is 5.32 Å². The van der Waals surface area contributed by atoms with Gasteiger partial charge in [0, 0.05) is 23.5 Å². The maximum absolute atomic E-state index is 12.1. The number of hydrogen-bond acceptors (Lipinski definition) is 2. The molecule has 0 amide bonds. The molecule has 2 aromatic carbocycles. The van der Waals surface area contributed by atoms with Gasteiger partial charge in [-0.2, -0.15) is 0 Å². The van der Waals surface area contributed by atoms with Gasteiger partial charge in [0.15, 0.2) is 5.78 Å². The number of nitrogens with one attached hydrogen (secondary N) is 1. The van der Waals surface area contributed by atoms with E-state index in [0.29, 0.717) is 5.56 Å². The zero-order chi connectivity index (χ0) is 16.2. The van der Waals surface area contributed by atoms with Gasteiger partial charge < -0.3 is 5.32 Å². The average molecular weight is 293 g/mol. The van der Waals surface area contributed by atoms with E-state index in [0.717, 1.165) is 5.69 Å². The molecular formula is C20H23NO. The Hall–Kier alpha value is -2.35. The first-order valence-electron chi connectivity index (χ1n) is 7.51. The van der Waals surface area contributed by atoms with E-state index in [1.165, 1.54) is 11.1 Å². The Morgan fingerprint density at radius 2 is 1.55 bits per heavy atom. The predicted molar refractivity (Wildman–Crippen MR) is 93.4 cm³/mol. The average Bonchev–Trinajstić information content (AvgIpc) is 2.48. The third-order valence-electron chi connectivity index (χ3n) is 3.57. The number of carbonyl (C=O) groups excluding carboxylic acids is 1. The number of ketones is 1. The normalized spacial score (nSPS) is 11.6. The molecule has 0 saturated heterocycles. The molecule has 0 aliphatic carbocycles. The summed E-state index contributed by atoms with van der Waals surface area (Å²) in [6, 6.07) is 15.9. The highest BCUT2D eigenvalue weighted by Crippen LogP contribution is 2.22. The number of benzene rings is 2. The van der Waals surface area contributed by atoms with Gasteiger partial charge in [-0.05, 0) is 30.0 Å². The molecule has 1 N–H and O–H groups in total. The molecule has 0 saturated carbocycles. The standard InChI is InChI=1S/C20H23NO/c1-15-5-11-18(12-6-15)21-14-13-19(22)16-7-9-17(10-8-16)20(2,3)4/h5-14,21H,1-4H3. The molecule has 0 atom stereocenters. The summed E-state index contributed by atoms with van der Waals surface area (Å²) in [5.74, 6) is 0.0000656. The summed E-state index contributed by atoms with van der Waals surface area (Å²) in [5, 5.41) is 3.11. The summed E-state index contributed by atoms with van der Waals surface area (Å²) in [5.41, 5.74) is 4.22. The number of allylic oxidation sites excluding steroid dienone is 1. The maximum atomic E-state index is 12.1. The van der Waals surface area contributed by atoms with Crippen molar-refractivity contribution in [2.75, 3.05) is 5.32 Å². The Kier molecular flexibility index (Phi) is 4.81. The fourth-order valence-electron chi connectivity index (χ4n) is 2.09. The first kappa shape index (κ1) is 16.0. The van der Waals surface area contributed by atoms with Gasteiger partial charge in [0.05, 0.1) is 0 Å². The van der Waals surface area contributed by atoms with Crippen LogP contribution in [0.3, 0.4) is 0 Å². The number of rotatable bonds is 4. The van der Waals surface area contributed by atoms with Gasteiger partial charge in [-0.3, -0.25) is 4.79 Å². The molecule has 0 fully saturated rings. The number of carbonyl (C=O) groups is 1. The monoisotopic (exact) mass is 293 g/mol. The summed E-state index contributed by atoms with van der Waals surface area (Å²) < 4.78 is 0. The van der Waals surface area contributed by atoms with Crippen LogP contribution in [0.4, 0.5) is 5.69 Å². The molecule has 0 aliphatic rings.